The summed E-state index contributed by atoms with van der Waals surface area (Å²) in [7, 11) is 1.97. The molecule has 0 bridgehead atoms. The minimum absolute atomic E-state index is 0.0201. The number of phenolic OH excluding ortho intramolecular Hbond substituents is 1. The highest BCUT2D eigenvalue weighted by molar-refractivity contribution is 7.09. The van der Waals surface area contributed by atoms with Gasteiger partial charge in [0.15, 0.2) is 0 Å². The molecule has 2 aliphatic rings. The van der Waals surface area contributed by atoms with E-state index in [2.05, 4.69) is 40.2 Å². The van der Waals surface area contributed by atoms with Crippen LogP contribution in [0.3, 0.4) is 0 Å². The Morgan fingerprint density at radius 2 is 1.64 bits per heavy atom. The number of fused-ring (bicyclic) bond motifs is 1. The number of piperidine rings is 1. The summed E-state index contributed by atoms with van der Waals surface area (Å²) >= 11 is 1.32. The second kappa shape index (κ2) is 30.3. The summed E-state index contributed by atoms with van der Waals surface area (Å²) in [5.74, 6) is -2.10. The predicted octanol–water partition coefficient (Wildman–Crippen LogP) is 4.58. The number of hydrogen-bond donors (Lipinski definition) is 6. The molecule has 0 spiro atoms. The van der Waals surface area contributed by atoms with Crippen LogP contribution >= 0.6 is 11.3 Å². The number of likely N-dealkylation sites (tertiary alicyclic amines) is 1. The second-order valence-electron chi connectivity index (χ2n) is 18.3. The lowest BCUT2D eigenvalue weighted by atomic mass is 9.79. The molecule has 0 unspecified atom stereocenters. The van der Waals surface area contributed by atoms with Crippen LogP contribution in [-0.2, 0) is 44.5 Å². The van der Waals surface area contributed by atoms with Gasteiger partial charge in [-0.2, -0.15) is 0 Å². The number of rotatable bonds is 29. The van der Waals surface area contributed by atoms with Gasteiger partial charge in [-0.3, -0.25) is 29.5 Å². The minimum atomic E-state index is -0.885. The standard InChI is InChI=1S/C49H80N8O11S/c1-8-17-57(48(62)43(33(6)10-3)53-46(61)40-13-11-12-18-56(40)7)41(32(4)5)30-42(67-19-9-2)47-52-39(31-69-47)45(60)51-35-27-34-14-15-36(58)29-37(34)38(28-35)44(59)54-55-49(63)68-26-25-66-24-23-65-22-21-64-20-16-50/h14-15,29,31-33,35,38,40-43,58H,8-13,16-28,30,50H2,1-7H3,(H,51,60)(H,53,61)(H,54,59)(H,55,63)/t33-,35-,38+,40+,41+,42+,43-/m0/s1. The average Bonchev–Trinajstić information content (AvgIpc) is 3.84. The monoisotopic (exact) mass is 989 g/mol. The molecule has 0 radical (unpaired) electrons. The second-order valence-corrected chi connectivity index (χ2v) is 19.2. The van der Waals surface area contributed by atoms with Gasteiger partial charge in [0.25, 0.3) is 5.91 Å². The van der Waals surface area contributed by atoms with Gasteiger partial charge in [0, 0.05) is 43.6 Å². The number of hydrazine groups is 1. The molecular weight excluding hydrogens is 909 g/mol. The fourth-order valence-corrected chi connectivity index (χ4v) is 9.60. The zero-order valence-electron chi connectivity index (χ0n) is 41.9. The molecule has 1 aromatic heterocycles. The van der Waals surface area contributed by atoms with E-state index in [0.717, 1.165) is 50.6 Å². The molecule has 2 heterocycles. The molecule has 1 aromatic carbocycles. The van der Waals surface area contributed by atoms with Gasteiger partial charge in [-0.25, -0.2) is 15.2 Å². The van der Waals surface area contributed by atoms with Crippen molar-refractivity contribution in [3.63, 3.8) is 0 Å². The Morgan fingerprint density at radius 3 is 2.29 bits per heavy atom. The number of nitrogens with zero attached hydrogens (tertiary/aromatic N) is 3. The normalized spacial score (nSPS) is 18.9. The smallest absolute Gasteiger partial charge is 0.426 e. The highest BCUT2D eigenvalue weighted by Crippen LogP contribution is 2.35. The van der Waals surface area contributed by atoms with Crippen LogP contribution in [0.2, 0.25) is 0 Å². The lowest BCUT2D eigenvalue weighted by molar-refractivity contribution is -0.143. The number of carbonyl (C=O) groups excluding carboxylic acids is 5. The Hall–Kier alpha value is -4.44. The molecule has 0 saturated carbocycles. The lowest BCUT2D eigenvalue weighted by Gasteiger charge is -2.40. The van der Waals surface area contributed by atoms with Crippen LogP contribution < -0.4 is 27.2 Å². The molecule has 7 atom stereocenters. The summed E-state index contributed by atoms with van der Waals surface area (Å²) in [6, 6.07) is 3.06. The van der Waals surface area contributed by atoms with Crippen molar-refractivity contribution in [2.75, 3.05) is 79.5 Å². The number of benzene rings is 1. The van der Waals surface area contributed by atoms with Crippen molar-refractivity contribution < 1.29 is 52.8 Å². The number of hydrogen-bond acceptors (Lipinski definition) is 15. The first-order chi connectivity index (χ1) is 33.2. The molecule has 388 valence electrons. The van der Waals surface area contributed by atoms with Crippen molar-refractivity contribution >= 4 is 41.1 Å². The Bertz CT molecular complexity index is 1910. The van der Waals surface area contributed by atoms with Crippen LogP contribution in [0.5, 0.6) is 5.75 Å². The van der Waals surface area contributed by atoms with E-state index < -0.39 is 42.0 Å². The molecule has 1 aliphatic heterocycles. The first-order valence-electron chi connectivity index (χ1n) is 24.9. The van der Waals surface area contributed by atoms with Crippen LogP contribution in [0.25, 0.3) is 0 Å². The Morgan fingerprint density at radius 1 is 0.928 bits per heavy atom. The van der Waals surface area contributed by atoms with E-state index in [0.29, 0.717) is 76.1 Å². The van der Waals surface area contributed by atoms with Gasteiger partial charge in [0.2, 0.25) is 17.7 Å². The highest BCUT2D eigenvalue weighted by Gasteiger charge is 2.39. The van der Waals surface area contributed by atoms with Crippen LogP contribution in [-0.4, -0.2) is 153 Å². The van der Waals surface area contributed by atoms with Crippen molar-refractivity contribution in [1.29, 1.82) is 0 Å². The number of ether oxygens (including phenoxy) is 5. The Balaban J connectivity index is 1.40. The first kappa shape index (κ1) is 57.1. The number of aromatic nitrogens is 1. The van der Waals surface area contributed by atoms with Crippen molar-refractivity contribution in [1.82, 2.24) is 36.3 Å². The molecular formula is C49H80N8O11S. The number of nitrogens with two attached hydrogens (primary N) is 1. The molecule has 69 heavy (non-hydrogen) atoms. The average molecular weight is 989 g/mol. The summed E-state index contributed by atoms with van der Waals surface area (Å²) in [4.78, 5) is 77.2. The maximum atomic E-state index is 14.7. The summed E-state index contributed by atoms with van der Waals surface area (Å²) in [5, 5.41) is 18.9. The van der Waals surface area contributed by atoms with Gasteiger partial charge in [-0.1, -0.05) is 60.5 Å². The van der Waals surface area contributed by atoms with E-state index in [-0.39, 0.29) is 66.8 Å². The molecule has 20 heteroatoms. The van der Waals surface area contributed by atoms with Gasteiger partial charge in [0.05, 0.1) is 51.6 Å². The quantitative estimate of drug-likeness (QED) is 0.0483. The van der Waals surface area contributed by atoms with Crippen LogP contribution in [0.15, 0.2) is 23.6 Å². The van der Waals surface area contributed by atoms with E-state index in [1.54, 1.807) is 11.4 Å². The number of thiazole rings is 1. The van der Waals surface area contributed by atoms with E-state index >= 15 is 0 Å². The Kier molecular flexibility index (Phi) is 25.1. The summed E-state index contributed by atoms with van der Waals surface area (Å²) in [6.45, 7) is 16.6. The van der Waals surface area contributed by atoms with E-state index in [1.807, 2.05) is 39.6 Å². The molecule has 1 aliphatic carbocycles. The van der Waals surface area contributed by atoms with E-state index in [1.165, 1.54) is 23.5 Å². The number of likely N-dealkylation sites (N-methyl/N-ethyl adjacent to an activating group) is 1. The van der Waals surface area contributed by atoms with Gasteiger partial charge in [-0.05, 0) is 87.2 Å². The van der Waals surface area contributed by atoms with Crippen molar-refractivity contribution in [3.8, 4) is 5.75 Å². The van der Waals surface area contributed by atoms with Gasteiger partial charge < -0.3 is 50.1 Å². The number of phenols is 1. The summed E-state index contributed by atoms with van der Waals surface area (Å²) in [6.07, 6.45) is 4.58. The maximum Gasteiger partial charge on any atom is 0.426 e. The van der Waals surface area contributed by atoms with E-state index in [9.17, 15) is 29.1 Å². The zero-order valence-corrected chi connectivity index (χ0v) is 42.7. The molecule has 7 N–H and O–H groups in total. The molecule has 1 saturated heterocycles. The highest BCUT2D eigenvalue weighted by atomic mass is 32.1. The summed E-state index contributed by atoms with van der Waals surface area (Å²) < 4.78 is 27.6. The number of amides is 5. The van der Waals surface area contributed by atoms with Gasteiger partial charge >= 0.3 is 6.09 Å². The van der Waals surface area contributed by atoms with Crippen LogP contribution in [0, 0.1) is 11.8 Å². The predicted molar refractivity (Wildman–Crippen MR) is 263 cm³/mol. The third kappa shape index (κ3) is 18.0. The third-order valence-electron chi connectivity index (χ3n) is 12.7. The largest absolute Gasteiger partial charge is 0.508 e. The molecule has 19 nitrogen and oxygen atoms in total. The zero-order chi connectivity index (χ0) is 50.3. The molecule has 1 fully saturated rings. The maximum absolute atomic E-state index is 14.7. The van der Waals surface area contributed by atoms with Crippen molar-refractivity contribution in [2.45, 2.75) is 136 Å². The lowest BCUT2D eigenvalue weighted by Crippen LogP contribution is -2.58. The van der Waals surface area contributed by atoms with Crippen molar-refractivity contribution in [3.05, 3.63) is 45.4 Å². The minimum Gasteiger partial charge on any atom is -0.508 e. The number of carbonyl (C=O) groups is 5. The third-order valence-corrected chi connectivity index (χ3v) is 13.6. The SMILES string of the molecule is CCCO[C@H](C[C@H](C(C)C)N(CCC)C(=O)[C@@H](NC(=O)[C@H]1CCCCN1C)[C@@H](C)CC)c1nc(C(=O)N[C@H]2Cc3ccc(O)cc3[C@H](C(=O)NNC(=O)OCCOCCOCCOCCN)C2)cs1. The number of nitrogens with one attached hydrogen (secondary N) is 4. The Labute approximate surface area is 412 Å². The van der Waals surface area contributed by atoms with Gasteiger partial charge in [0.1, 0.15) is 35.2 Å². The van der Waals surface area contributed by atoms with Crippen molar-refractivity contribution in [2.24, 2.45) is 17.6 Å². The van der Waals surface area contributed by atoms with Crippen LogP contribution in [0.1, 0.15) is 132 Å². The van der Waals surface area contributed by atoms with Gasteiger partial charge in [-0.15, -0.1) is 11.3 Å². The number of aromatic hydroxyl groups is 1. The van der Waals surface area contributed by atoms with E-state index in [4.69, 9.17) is 34.4 Å². The summed E-state index contributed by atoms with van der Waals surface area (Å²) in [5.41, 5.74) is 11.6. The molecule has 4 rings (SSSR count). The molecule has 2 aromatic rings. The fourth-order valence-electron chi connectivity index (χ4n) is 8.74. The molecule has 5 amide bonds. The topological polar surface area (TPSA) is 245 Å². The fraction of sp³-hybridized carbons (Fsp3) is 0.714. The van der Waals surface area contributed by atoms with Crippen LogP contribution in [0.4, 0.5) is 4.79 Å². The first-order valence-corrected chi connectivity index (χ1v) is 25.8.